The van der Waals surface area contributed by atoms with Crippen molar-refractivity contribution < 1.29 is 14.3 Å². The first-order chi connectivity index (χ1) is 16.6. The van der Waals surface area contributed by atoms with E-state index in [0.29, 0.717) is 30.0 Å². The summed E-state index contributed by atoms with van der Waals surface area (Å²) < 4.78 is 5.18. The van der Waals surface area contributed by atoms with E-state index in [4.69, 9.17) is 10.00 Å². The zero-order chi connectivity index (χ0) is 23.9. The molecule has 3 aromatic carbocycles. The van der Waals surface area contributed by atoms with Crippen LogP contribution in [0.4, 0.5) is 0 Å². The quantitative estimate of drug-likeness (QED) is 0.541. The Labute approximate surface area is 200 Å². The highest BCUT2D eigenvalue weighted by Crippen LogP contribution is 2.22. The van der Waals surface area contributed by atoms with Gasteiger partial charge < -0.3 is 14.5 Å². The van der Waals surface area contributed by atoms with Crippen molar-refractivity contribution in [1.29, 1.82) is 5.26 Å². The van der Waals surface area contributed by atoms with Crippen LogP contribution >= 0.6 is 0 Å². The molecule has 0 N–H and O–H groups in total. The minimum atomic E-state index is -0.154. The Bertz CT molecular complexity index is 1170. The van der Waals surface area contributed by atoms with Gasteiger partial charge in [0.2, 0.25) is 5.91 Å². The van der Waals surface area contributed by atoms with Crippen LogP contribution in [0.15, 0.2) is 78.9 Å². The van der Waals surface area contributed by atoms with Gasteiger partial charge in [-0.05, 0) is 60.4 Å². The molecule has 0 aromatic heterocycles. The second-order valence-electron chi connectivity index (χ2n) is 8.42. The molecule has 0 unspecified atom stereocenters. The molecule has 172 valence electrons. The van der Waals surface area contributed by atoms with Crippen LogP contribution in [-0.4, -0.2) is 47.9 Å². The summed E-state index contributed by atoms with van der Waals surface area (Å²) in [5.41, 5.74) is 3.29. The summed E-state index contributed by atoms with van der Waals surface area (Å²) in [4.78, 5) is 30.0. The number of nitrogens with zero attached hydrogens (tertiary/aromatic N) is 3. The van der Waals surface area contributed by atoms with Crippen molar-refractivity contribution in [2.24, 2.45) is 0 Å². The maximum Gasteiger partial charge on any atom is 0.254 e. The maximum absolute atomic E-state index is 13.2. The number of aryl methyl sites for hydroxylation is 1. The van der Waals surface area contributed by atoms with Crippen LogP contribution in [0.5, 0.6) is 5.75 Å². The second kappa shape index (κ2) is 10.7. The molecule has 0 aliphatic carbocycles. The van der Waals surface area contributed by atoms with E-state index < -0.39 is 0 Å². The fourth-order valence-electron chi connectivity index (χ4n) is 4.27. The van der Waals surface area contributed by atoms with Crippen molar-refractivity contribution in [3.05, 3.63) is 101 Å². The number of carbonyl (C=O) groups excluding carboxylic acids is 2. The number of carbonyl (C=O) groups is 2. The standard InChI is InChI=1S/C28H27N3O3/c1-34-26-15-12-24(13-16-26)28(33)30-19-25(14-11-21-5-3-2-4-6-21)31(27(32)20-30)18-23-9-7-22(17-29)8-10-23/h2-10,12-13,15-16,25H,11,14,18-20H2,1H3/t25-/m0/s1. The van der Waals surface area contributed by atoms with Crippen LogP contribution in [0.2, 0.25) is 0 Å². The largest absolute Gasteiger partial charge is 0.497 e. The van der Waals surface area contributed by atoms with Crippen LogP contribution in [0.3, 0.4) is 0 Å². The van der Waals surface area contributed by atoms with E-state index >= 15 is 0 Å². The average molecular weight is 454 g/mol. The summed E-state index contributed by atoms with van der Waals surface area (Å²) >= 11 is 0. The third kappa shape index (κ3) is 5.44. The Morgan fingerprint density at radius 1 is 1.00 bits per heavy atom. The van der Waals surface area contributed by atoms with Gasteiger partial charge in [0.25, 0.3) is 5.91 Å². The molecular formula is C28H27N3O3. The Morgan fingerprint density at radius 3 is 2.35 bits per heavy atom. The fourth-order valence-corrected chi connectivity index (χ4v) is 4.27. The molecule has 6 nitrogen and oxygen atoms in total. The van der Waals surface area contributed by atoms with Crippen molar-refractivity contribution in [3.8, 4) is 11.8 Å². The Balaban J connectivity index is 1.53. The molecule has 4 rings (SSSR count). The predicted octanol–water partition coefficient (Wildman–Crippen LogP) is 4.05. The summed E-state index contributed by atoms with van der Waals surface area (Å²) in [5, 5.41) is 9.06. The van der Waals surface area contributed by atoms with Gasteiger partial charge in [-0.3, -0.25) is 9.59 Å². The van der Waals surface area contributed by atoms with Gasteiger partial charge in [-0.2, -0.15) is 5.26 Å². The van der Waals surface area contributed by atoms with E-state index in [-0.39, 0.29) is 24.4 Å². The summed E-state index contributed by atoms with van der Waals surface area (Å²) in [6.07, 6.45) is 1.56. The number of hydrogen-bond acceptors (Lipinski definition) is 4. The number of hydrogen-bond donors (Lipinski definition) is 0. The van der Waals surface area contributed by atoms with Crippen molar-refractivity contribution >= 4 is 11.8 Å². The van der Waals surface area contributed by atoms with Gasteiger partial charge in [-0.15, -0.1) is 0 Å². The smallest absolute Gasteiger partial charge is 0.254 e. The lowest BCUT2D eigenvalue weighted by Gasteiger charge is -2.41. The molecule has 1 fully saturated rings. The third-order valence-corrected chi connectivity index (χ3v) is 6.19. The van der Waals surface area contributed by atoms with Crippen LogP contribution in [0.1, 0.15) is 33.5 Å². The van der Waals surface area contributed by atoms with Crippen LogP contribution in [0, 0.1) is 11.3 Å². The molecule has 3 aromatic rings. The van der Waals surface area contributed by atoms with E-state index in [2.05, 4.69) is 18.2 Å². The SMILES string of the molecule is COc1ccc(C(=O)N2CC(=O)N(Cc3ccc(C#N)cc3)[C@@H](CCc3ccccc3)C2)cc1. The lowest BCUT2D eigenvalue weighted by Crippen LogP contribution is -2.57. The molecule has 1 aliphatic rings. The minimum absolute atomic E-state index is 0.0446. The molecule has 1 saturated heterocycles. The van der Waals surface area contributed by atoms with Crippen LogP contribution in [-0.2, 0) is 17.8 Å². The molecule has 0 spiro atoms. The number of nitriles is 1. The molecule has 0 saturated carbocycles. The molecule has 6 heteroatoms. The Morgan fingerprint density at radius 2 is 1.71 bits per heavy atom. The van der Waals surface area contributed by atoms with E-state index in [1.165, 1.54) is 5.56 Å². The second-order valence-corrected chi connectivity index (χ2v) is 8.42. The first-order valence-corrected chi connectivity index (χ1v) is 11.3. The van der Waals surface area contributed by atoms with Crippen molar-refractivity contribution in [2.45, 2.75) is 25.4 Å². The summed E-state index contributed by atoms with van der Waals surface area (Å²) in [5.74, 6) is 0.454. The molecule has 1 aliphatic heterocycles. The number of rotatable bonds is 7. The van der Waals surface area contributed by atoms with Crippen molar-refractivity contribution in [1.82, 2.24) is 9.80 Å². The molecular weight excluding hydrogens is 426 g/mol. The van der Waals surface area contributed by atoms with E-state index in [0.717, 1.165) is 18.4 Å². The summed E-state index contributed by atoms with van der Waals surface area (Å²) in [6, 6.07) is 26.4. The first kappa shape index (κ1) is 23.1. The lowest BCUT2D eigenvalue weighted by molar-refractivity contribution is -0.139. The first-order valence-electron chi connectivity index (χ1n) is 11.3. The normalized spacial score (nSPS) is 15.6. The van der Waals surface area contributed by atoms with Crippen LogP contribution < -0.4 is 4.74 Å². The number of amides is 2. The van der Waals surface area contributed by atoms with E-state index in [1.807, 2.05) is 35.2 Å². The highest BCUT2D eigenvalue weighted by Gasteiger charge is 2.34. The summed E-state index contributed by atoms with van der Waals surface area (Å²) in [6.45, 7) is 0.970. The van der Waals surface area contributed by atoms with Gasteiger partial charge >= 0.3 is 0 Å². The van der Waals surface area contributed by atoms with Crippen LogP contribution in [0.25, 0.3) is 0 Å². The molecule has 0 radical (unpaired) electrons. The van der Waals surface area contributed by atoms with Gasteiger partial charge in [0, 0.05) is 18.7 Å². The van der Waals surface area contributed by atoms with Gasteiger partial charge in [-0.1, -0.05) is 42.5 Å². The molecule has 1 heterocycles. The summed E-state index contributed by atoms with van der Waals surface area (Å²) in [7, 11) is 1.58. The van der Waals surface area contributed by atoms with Gasteiger partial charge in [-0.25, -0.2) is 0 Å². The van der Waals surface area contributed by atoms with Crippen molar-refractivity contribution in [3.63, 3.8) is 0 Å². The highest BCUT2D eigenvalue weighted by molar-refractivity contribution is 5.97. The number of methoxy groups -OCH3 is 1. The number of ether oxygens (including phenoxy) is 1. The molecule has 1 atom stereocenters. The van der Waals surface area contributed by atoms with E-state index in [1.54, 1.807) is 48.4 Å². The molecule has 34 heavy (non-hydrogen) atoms. The highest BCUT2D eigenvalue weighted by atomic mass is 16.5. The molecule has 0 bridgehead atoms. The van der Waals surface area contributed by atoms with Crippen molar-refractivity contribution in [2.75, 3.05) is 20.2 Å². The molecule has 2 amide bonds. The van der Waals surface area contributed by atoms with Gasteiger partial charge in [0.1, 0.15) is 12.3 Å². The number of benzene rings is 3. The Hall–Kier alpha value is -4.11. The van der Waals surface area contributed by atoms with E-state index in [9.17, 15) is 9.59 Å². The minimum Gasteiger partial charge on any atom is -0.497 e. The topological polar surface area (TPSA) is 73.6 Å². The number of piperazine rings is 1. The van der Waals surface area contributed by atoms with Gasteiger partial charge in [0.15, 0.2) is 0 Å². The zero-order valence-corrected chi connectivity index (χ0v) is 19.2. The fraction of sp³-hybridized carbons (Fsp3) is 0.250. The lowest BCUT2D eigenvalue weighted by atomic mass is 10.00. The van der Waals surface area contributed by atoms with Gasteiger partial charge in [0.05, 0.1) is 24.8 Å². The maximum atomic E-state index is 13.2. The average Bonchev–Trinajstić information content (AvgIpc) is 2.89. The monoisotopic (exact) mass is 453 g/mol. The zero-order valence-electron chi connectivity index (χ0n) is 19.2. The predicted molar refractivity (Wildman–Crippen MR) is 129 cm³/mol. The third-order valence-electron chi connectivity index (χ3n) is 6.19. The Kier molecular flexibility index (Phi) is 7.24.